The Hall–Kier alpha value is -2.17. The van der Waals surface area contributed by atoms with Crippen molar-refractivity contribution < 1.29 is 4.79 Å². The molecule has 0 radical (unpaired) electrons. The van der Waals surface area contributed by atoms with E-state index in [2.05, 4.69) is 33.4 Å². The highest BCUT2D eigenvalue weighted by molar-refractivity contribution is 5.87. The molecule has 1 aliphatic carbocycles. The van der Waals surface area contributed by atoms with E-state index in [0.29, 0.717) is 11.8 Å². The van der Waals surface area contributed by atoms with Crippen molar-refractivity contribution in [2.45, 2.75) is 31.7 Å². The summed E-state index contributed by atoms with van der Waals surface area (Å²) in [7, 11) is 0. The second kappa shape index (κ2) is 5.55. The van der Waals surface area contributed by atoms with E-state index < -0.39 is 0 Å². The molecule has 2 aliphatic rings. The molecule has 1 unspecified atom stereocenters. The molecule has 0 N–H and O–H groups in total. The molecule has 1 atom stereocenters. The van der Waals surface area contributed by atoms with Gasteiger partial charge >= 0.3 is 0 Å². The summed E-state index contributed by atoms with van der Waals surface area (Å²) < 4.78 is 1.89. The Morgan fingerprint density at radius 3 is 2.77 bits per heavy atom. The summed E-state index contributed by atoms with van der Waals surface area (Å²) in [4.78, 5) is 14.7. The minimum Gasteiger partial charge on any atom is -0.342 e. The lowest BCUT2D eigenvalue weighted by Crippen LogP contribution is -2.44. The van der Waals surface area contributed by atoms with Gasteiger partial charge in [0, 0.05) is 25.8 Å². The number of piperidine rings is 1. The first-order chi connectivity index (χ1) is 10.8. The number of aromatic nitrogens is 3. The normalized spacial score (nSPS) is 21.3. The standard InChI is InChI=1S/C17H20N4O/c22-17(16-11-14-3-1-2-4-15(14)16)20-8-5-13(6-9-20)12-21-10-7-18-19-21/h1-4,7,10,13,16H,5-6,8-9,11-12H2. The van der Waals surface area contributed by atoms with E-state index in [1.807, 2.05) is 16.9 Å². The van der Waals surface area contributed by atoms with E-state index in [4.69, 9.17) is 0 Å². The lowest BCUT2D eigenvalue weighted by Gasteiger charge is -2.37. The van der Waals surface area contributed by atoms with Gasteiger partial charge in [-0.15, -0.1) is 5.10 Å². The Morgan fingerprint density at radius 1 is 1.23 bits per heavy atom. The summed E-state index contributed by atoms with van der Waals surface area (Å²) in [5.41, 5.74) is 2.57. The predicted octanol–water partition coefficient (Wildman–Crippen LogP) is 1.86. The van der Waals surface area contributed by atoms with E-state index in [1.165, 1.54) is 11.1 Å². The molecule has 4 rings (SSSR count). The molecule has 2 heterocycles. The number of amides is 1. The first kappa shape index (κ1) is 13.5. The minimum absolute atomic E-state index is 0.100. The van der Waals surface area contributed by atoms with Crippen molar-refractivity contribution in [2.75, 3.05) is 13.1 Å². The summed E-state index contributed by atoms with van der Waals surface area (Å²) in [5.74, 6) is 1.01. The van der Waals surface area contributed by atoms with Gasteiger partial charge in [0.1, 0.15) is 0 Å². The first-order valence-electron chi connectivity index (χ1n) is 8.02. The van der Waals surface area contributed by atoms with Crippen LogP contribution in [-0.4, -0.2) is 38.9 Å². The average molecular weight is 296 g/mol. The van der Waals surface area contributed by atoms with Crippen LogP contribution in [0.2, 0.25) is 0 Å². The van der Waals surface area contributed by atoms with Gasteiger partial charge in [-0.2, -0.15) is 0 Å². The molecular formula is C17H20N4O. The smallest absolute Gasteiger partial charge is 0.230 e. The topological polar surface area (TPSA) is 51.0 Å². The number of fused-ring (bicyclic) bond motifs is 1. The number of nitrogens with zero attached hydrogens (tertiary/aromatic N) is 4. The van der Waals surface area contributed by atoms with Gasteiger partial charge in [0.05, 0.1) is 12.1 Å². The molecule has 1 saturated heterocycles. The Morgan fingerprint density at radius 2 is 2.05 bits per heavy atom. The van der Waals surface area contributed by atoms with Crippen LogP contribution in [0.15, 0.2) is 36.7 Å². The van der Waals surface area contributed by atoms with Gasteiger partial charge in [-0.1, -0.05) is 29.5 Å². The lowest BCUT2D eigenvalue weighted by atomic mass is 9.76. The molecule has 1 amide bonds. The van der Waals surface area contributed by atoms with Gasteiger partial charge in [0.25, 0.3) is 0 Å². The third kappa shape index (κ3) is 2.40. The van der Waals surface area contributed by atoms with Gasteiger partial charge in [0.15, 0.2) is 0 Å². The summed E-state index contributed by atoms with van der Waals surface area (Å²) in [6.45, 7) is 2.65. The Kier molecular flexibility index (Phi) is 3.41. The predicted molar refractivity (Wildman–Crippen MR) is 82.2 cm³/mol. The Bertz CT molecular complexity index is 659. The second-order valence-electron chi connectivity index (χ2n) is 6.35. The van der Waals surface area contributed by atoms with Gasteiger partial charge < -0.3 is 4.90 Å². The number of likely N-dealkylation sites (tertiary alicyclic amines) is 1. The van der Waals surface area contributed by atoms with E-state index >= 15 is 0 Å². The van der Waals surface area contributed by atoms with Crippen LogP contribution < -0.4 is 0 Å². The number of hydrogen-bond donors (Lipinski definition) is 0. The van der Waals surface area contributed by atoms with Crippen molar-refractivity contribution in [1.82, 2.24) is 19.9 Å². The fourth-order valence-corrected chi connectivity index (χ4v) is 3.63. The summed E-state index contributed by atoms with van der Waals surface area (Å²) >= 11 is 0. The van der Waals surface area contributed by atoms with Crippen molar-refractivity contribution in [2.24, 2.45) is 5.92 Å². The number of carbonyl (C=O) groups is 1. The SMILES string of the molecule is O=C(C1Cc2ccccc21)N1CCC(Cn2ccnn2)CC1. The summed E-state index contributed by atoms with van der Waals surface area (Å²) in [6.07, 6.45) is 6.64. The molecule has 114 valence electrons. The maximum atomic E-state index is 12.7. The highest BCUT2D eigenvalue weighted by Gasteiger charge is 2.35. The summed E-state index contributed by atoms with van der Waals surface area (Å²) in [5, 5.41) is 7.87. The molecular weight excluding hydrogens is 276 g/mol. The van der Waals surface area contributed by atoms with Crippen LogP contribution in [0.25, 0.3) is 0 Å². The zero-order chi connectivity index (χ0) is 14.9. The highest BCUT2D eigenvalue weighted by atomic mass is 16.2. The molecule has 1 aliphatic heterocycles. The van der Waals surface area contributed by atoms with Gasteiger partial charge in [0.2, 0.25) is 5.91 Å². The minimum atomic E-state index is 0.100. The Labute approximate surface area is 129 Å². The number of hydrogen-bond acceptors (Lipinski definition) is 3. The van der Waals surface area contributed by atoms with Crippen LogP contribution in [0.1, 0.15) is 29.9 Å². The van der Waals surface area contributed by atoms with E-state index in [-0.39, 0.29) is 5.92 Å². The largest absolute Gasteiger partial charge is 0.342 e. The molecule has 0 spiro atoms. The molecule has 1 fully saturated rings. The van der Waals surface area contributed by atoms with E-state index in [9.17, 15) is 4.79 Å². The van der Waals surface area contributed by atoms with Gasteiger partial charge in [-0.05, 0) is 36.3 Å². The van der Waals surface area contributed by atoms with E-state index in [1.54, 1.807) is 6.20 Å². The number of benzene rings is 1. The second-order valence-corrected chi connectivity index (χ2v) is 6.35. The quantitative estimate of drug-likeness (QED) is 0.868. The maximum absolute atomic E-state index is 12.7. The highest BCUT2D eigenvalue weighted by Crippen LogP contribution is 2.36. The number of rotatable bonds is 3. The monoisotopic (exact) mass is 296 g/mol. The molecule has 2 aromatic rings. The van der Waals surface area contributed by atoms with Crippen LogP contribution in [0, 0.1) is 5.92 Å². The fraction of sp³-hybridized carbons (Fsp3) is 0.471. The first-order valence-corrected chi connectivity index (χ1v) is 8.02. The average Bonchev–Trinajstić information content (AvgIpc) is 3.02. The fourth-order valence-electron chi connectivity index (χ4n) is 3.63. The van der Waals surface area contributed by atoms with Crippen LogP contribution in [0.4, 0.5) is 0 Å². The third-order valence-electron chi connectivity index (χ3n) is 5.00. The molecule has 1 aromatic heterocycles. The van der Waals surface area contributed by atoms with E-state index in [0.717, 1.165) is 38.9 Å². The molecule has 0 bridgehead atoms. The van der Waals surface area contributed by atoms with Crippen molar-refractivity contribution >= 4 is 5.91 Å². The maximum Gasteiger partial charge on any atom is 0.230 e. The van der Waals surface area contributed by atoms with Crippen LogP contribution in [-0.2, 0) is 17.8 Å². The molecule has 22 heavy (non-hydrogen) atoms. The zero-order valence-electron chi connectivity index (χ0n) is 12.6. The van der Waals surface area contributed by atoms with Crippen molar-refractivity contribution in [1.29, 1.82) is 0 Å². The summed E-state index contributed by atoms with van der Waals surface area (Å²) in [6, 6.07) is 8.31. The lowest BCUT2D eigenvalue weighted by molar-refractivity contribution is -0.134. The van der Waals surface area contributed by atoms with Crippen LogP contribution >= 0.6 is 0 Å². The third-order valence-corrected chi connectivity index (χ3v) is 5.00. The number of carbonyl (C=O) groups excluding carboxylic acids is 1. The molecule has 1 aromatic carbocycles. The molecule has 5 nitrogen and oxygen atoms in total. The van der Waals surface area contributed by atoms with Crippen molar-refractivity contribution in [3.8, 4) is 0 Å². The van der Waals surface area contributed by atoms with Gasteiger partial charge in [-0.3, -0.25) is 9.48 Å². The molecule has 5 heteroatoms. The van der Waals surface area contributed by atoms with Crippen LogP contribution in [0.5, 0.6) is 0 Å². The zero-order valence-corrected chi connectivity index (χ0v) is 12.6. The molecule has 0 saturated carbocycles. The Balaban J connectivity index is 1.33. The van der Waals surface area contributed by atoms with Crippen molar-refractivity contribution in [3.05, 3.63) is 47.8 Å². The van der Waals surface area contributed by atoms with Gasteiger partial charge in [-0.25, -0.2) is 0 Å². The van der Waals surface area contributed by atoms with Crippen LogP contribution in [0.3, 0.4) is 0 Å². The van der Waals surface area contributed by atoms with Crippen molar-refractivity contribution in [3.63, 3.8) is 0 Å².